The van der Waals surface area contributed by atoms with Crippen LogP contribution in [0.25, 0.3) is 0 Å². The van der Waals surface area contributed by atoms with Crippen LogP contribution in [-0.2, 0) is 14.2 Å². The van der Waals surface area contributed by atoms with Gasteiger partial charge in [-0.25, -0.2) is 0 Å². The van der Waals surface area contributed by atoms with Gasteiger partial charge in [-0.15, -0.1) is 0 Å². The molecular formula is C11H25NO3. The molecule has 15 heavy (non-hydrogen) atoms. The molecular weight excluding hydrogens is 194 g/mol. The molecule has 0 aromatic heterocycles. The molecule has 4 heteroatoms. The van der Waals surface area contributed by atoms with Gasteiger partial charge in [0.15, 0.2) is 0 Å². The van der Waals surface area contributed by atoms with Gasteiger partial charge >= 0.3 is 0 Å². The second-order valence-electron chi connectivity index (χ2n) is 4.10. The quantitative estimate of drug-likeness (QED) is 0.558. The molecule has 0 amide bonds. The maximum Gasteiger partial charge on any atom is 0.0746 e. The maximum absolute atomic E-state index is 5.40. The van der Waals surface area contributed by atoms with Crippen LogP contribution in [0.5, 0.6) is 0 Å². The molecule has 0 aliphatic heterocycles. The summed E-state index contributed by atoms with van der Waals surface area (Å²) in [7, 11) is 3.43. The summed E-state index contributed by atoms with van der Waals surface area (Å²) in [5.74, 6) is 0. The van der Waals surface area contributed by atoms with Gasteiger partial charge in [-0.1, -0.05) is 0 Å². The Bertz CT molecular complexity index is 140. The van der Waals surface area contributed by atoms with E-state index in [1.165, 1.54) is 0 Å². The fourth-order valence-corrected chi connectivity index (χ4v) is 1.01. The highest BCUT2D eigenvalue weighted by molar-refractivity contribution is 4.70. The average Bonchev–Trinajstić information content (AvgIpc) is 2.22. The van der Waals surface area contributed by atoms with Crippen molar-refractivity contribution in [3.63, 3.8) is 0 Å². The summed E-state index contributed by atoms with van der Waals surface area (Å²) in [6.45, 7) is 8.08. The van der Waals surface area contributed by atoms with Gasteiger partial charge in [-0.05, 0) is 20.3 Å². The van der Waals surface area contributed by atoms with E-state index in [-0.39, 0.29) is 5.60 Å². The Morgan fingerprint density at radius 1 is 1.07 bits per heavy atom. The summed E-state index contributed by atoms with van der Waals surface area (Å²) < 4.78 is 15.6. The summed E-state index contributed by atoms with van der Waals surface area (Å²) in [5.41, 5.74) is -0.101. The van der Waals surface area contributed by atoms with Crippen LogP contribution in [0.2, 0.25) is 0 Å². The van der Waals surface area contributed by atoms with Crippen molar-refractivity contribution in [3.05, 3.63) is 0 Å². The normalized spacial score (nSPS) is 12.0. The molecule has 0 bridgehead atoms. The maximum atomic E-state index is 5.40. The van der Waals surface area contributed by atoms with Gasteiger partial charge in [-0.2, -0.15) is 0 Å². The molecule has 0 aromatic rings. The Morgan fingerprint density at radius 2 is 1.80 bits per heavy atom. The van der Waals surface area contributed by atoms with E-state index < -0.39 is 0 Å². The van der Waals surface area contributed by atoms with E-state index in [1.54, 1.807) is 14.2 Å². The van der Waals surface area contributed by atoms with E-state index >= 15 is 0 Å². The molecule has 0 atom stereocenters. The van der Waals surface area contributed by atoms with Crippen molar-refractivity contribution in [1.29, 1.82) is 0 Å². The molecule has 0 saturated heterocycles. The smallest absolute Gasteiger partial charge is 0.0746 e. The predicted molar refractivity (Wildman–Crippen MR) is 61.3 cm³/mol. The third kappa shape index (κ3) is 10.1. The molecule has 4 nitrogen and oxygen atoms in total. The number of hydrogen-bond donors (Lipinski definition) is 1. The summed E-state index contributed by atoms with van der Waals surface area (Å²) >= 11 is 0. The summed E-state index contributed by atoms with van der Waals surface area (Å²) in [6.07, 6.45) is 0.958. The zero-order valence-corrected chi connectivity index (χ0v) is 10.5. The van der Waals surface area contributed by atoms with Crippen molar-refractivity contribution >= 4 is 0 Å². The fourth-order valence-electron chi connectivity index (χ4n) is 1.01. The van der Waals surface area contributed by atoms with Gasteiger partial charge in [-0.3, -0.25) is 0 Å². The van der Waals surface area contributed by atoms with Crippen molar-refractivity contribution in [2.45, 2.75) is 25.9 Å². The van der Waals surface area contributed by atoms with Crippen LogP contribution in [0.4, 0.5) is 0 Å². The first-order chi connectivity index (χ1) is 7.12. The summed E-state index contributed by atoms with van der Waals surface area (Å²) in [4.78, 5) is 0. The van der Waals surface area contributed by atoms with E-state index in [0.717, 1.165) is 39.3 Å². The number of methoxy groups -OCH3 is 2. The molecule has 0 aliphatic carbocycles. The van der Waals surface area contributed by atoms with Crippen LogP contribution in [0, 0.1) is 0 Å². The predicted octanol–water partition coefficient (Wildman–Crippen LogP) is 1.05. The monoisotopic (exact) mass is 219 g/mol. The van der Waals surface area contributed by atoms with Crippen LogP contribution in [0.15, 0.2) is 0 Å². The van der Waals surface area contributed by atoms with Crippen molar-refractivity contribution in [2.24, 2.45) is 0 Å². The molecule has 0 radical (unpaired) electrons. The molecule has 92 valence electrons. The molecule has 0 rings (SSSR count). The van der Waals surface area contributed by atoms with Gasteiger partial charge in [0.2, 0.25) is 0 Å². The van der Waals surface area contributed by atoms with Crippen molar-refractivity contribution < 1.29 is 14.2 Å². The largest absolute Gasteiger partial charge is 0.385 e. The topological polar surface area (TPSA) is 39.7 Å². The minimum Gasteiger partial charge on any atom is -0.385 e. The molecule has 0 heterocycles. The Kier molecular flexibility index (Phi) is 9.00. The Labute approximate surface area is 93.3 Å². The lowest BCUT2D eigenvalue weighted by Gasteiger charge is -2.23. The van der Waals surface area contributed by atoms with Crippen LogP contribution in [0.3, 0.4) is 0 Å². The Morgan fingerprint density at radius 3 is 2.40 bits per heavy atom. The van der Waals surface area contributed by atoms with Gasteiger partial charge in [0, 0.05) is 40.5 Å². The van der Waals surface area contributed by atoms with Crippen molar-refractivity contribution in [3.8, 4) is 0 Å². The van der Waals surface area contributed by atoms with Crippen molar-refractivity contribution in [1.82, 2.24) is 5.32 Å². The molecule has 1 N–H and O–H groups in total. The molecule has 0 spiro atoms. The highest BCUT2D eigenvalue weighted by atomic mass is 16.5. The lowest BCUT2D eigenvalue weighted by Crippen LogP contribution is -2.38. The number of nitrogens with one attached hydrogen (secondary N) is 1. The number of ether oxygens (including phenoxy) is 3. The minimum absolute atomic E-state index is 0.101. The zero-order chi connectivity index (χ0) is 11.6. The third-order valence-electron chi connectivity index (χ3n) is 2.16. The van der Waals surface area contributed by atoms with Gasteiger partial charge in [0.1, 0.15) is 0 Å². The average molecular weight is 219 g/mol. The van der Waals surface area contributed by atoms with Gasteiger partial charge in [0.25, 0.3) is 0 Å². The van der Waals surface area contributed by atoms with E-state index in [4.69, 9.17) is 14.2 Å². The minimum atomic E-state index is -0.101. The number of hydrogen-bond acceptors (Lipinski definition) is 4. The second kappa shape index (κ2) is 9.09. The number of rotatable bonds is 10. The first kappa shape index (κ1) is 14.8. The van der Waals surface area contributed by atoms with Crippen molar-refractivity contribution in [2.75, 3.05) is 47.1 Å². The molecule has 0 aromatic carbocycles. The van der Waals surface area contributed by atoms with E-state index in [0.29, 0.717) is 0 Å². The lowest BCUT2D eigenvalue weighted by atomic mass is 10.1. The molecule has 0 aliphatic rings. The van der Waals surface area contributed by atoms with Crippen LogP contribution < -0.4 is 5.32 Å². The Balaban J connectivity index is 3.11. The second-order valence-corrected chi connectivity index (χ2v) is 4.10. The fraction of sp³-hybridized carbons (Fsp3) is 1.00. The van der Waals surface area contributed by atoms with Gasteiger partial charge < -0.3 is 19.5 Å². The SMILES string of the molecule is COCCCOCCNCC(C)(C)OC. The van der Waals surface area contributed by atoms with Crippen LogP contribution >= 0.6 is 0 Å². The first-order valence-corrected chi connectivity index (χ1v) is 5.45. The van der Waals surface area contributed by atoms with E-state index in [1.807, 2.05) is 0 Å². The standard InChI is InChI=1S/C11H25NO3/c1-11(2,14-4)10-12-6-9-15-8-5-7-13-3/h12H,5-10H2,1-4H3. The lowest BCUT2D eigenvalue weighted by molar-refractivity contribution is 0.0212. The van der Waals surface area contributed by atoms with E-state index in [9.17, 15) is 0 Å². The third-order valence-corrected chi connectivity index (χ3v) is 2.16. The molecule has 0 saturated carbocycles. The zero-order valence-electron chi connectivity index (χ0n) is 10.5. The Hall–Kier alpha value is -0.160. The summed E-state index contributed by atoms with van der Waals surface area (Å²) in [6, 6.07) is 0. The van der Waals surface area contributed by atoms with Crippen LogP contribution in [0.1, 0.15) is 20.3 Å². The van der Waals surface area contributed by atoms with E-state index in [2.05, 4.69) is 19.2 Å². The molecule has 0 unspecified atom stereocenters. The van der Waals surface area contributed by atoms with Gasteiger partial charge in [0.05, 0.1) is 12.2 Å². The van der Waals surface area contributed by atoms with Crippen LogP contribution in [-0.4, -0.2) is 52.7 Å². The first-order valence-electron chi connectivity index (χ1n) is 5.45. The highest BCUT2D eigenvalue weighted by Gasteiger charge is 2.14. The molecule has 0 fully saturated rings. The summed E-state index contributed by atoms with van der Waals surface area (Å²) in [5, 5.41) is 3.29. The highest BCUT2D eigenvalue weighted by Crippen LogP contribution is 2.03.